The molecule has 4 heterocycles. The van der Waals surface area contributed by atoms with Gasteiger partial charge in [-0.3, -0.25) is 9.89 Å². The number of nitrogens with zero attached hydrogens (tertiary/aromatic N) is 5. The fourth-order valence-electron chi connectivity index (χ4n) is 3.70. The second-order valence-corrected chi connectivity index (χ2v) is 8.61. The normalized spacial score (nSPS) is 19.9. The molecule has 0 bridgehead atoms. The summed E-state index contributed by atoms with van der Waals surface area (Å²) in [6, 6.07) is 4.73. The number of guanidine groups is 1. The van der Waals surface area contributed by atoms with Gasteiger partial charge in [0, 0.05) is 42.6 Å². The quantitative estimate of drug-likeness (QED) is 0.375. The molecule has 2 aromatic heterocycles. The van der Waals surface area contributed by atoms with Gasteiger partial charge in [-0.05, 0) is 37.4 Å². The number of halogens is 1. The van der Waals surface area contributed by atoms with E-state index < -0.39 is 0 Å². The standard InChI is InChI=1S/C18H26N6S2.HI/c19-17(23-8-10-24(11-9-23)18-20-5-13-26-18)21-14-15(16-4-3-12-25-16)22-6-1-2-7-22;/h3-5,12-13,15H,1-2,6-11,14H2,(H2,19,21);1H. The molecule has 4 rings (SSSR count). The maximum Gasteiger partial charge on any atom is 0.191 e. The van der Waals surface area contributed by atoms with Crippen LogP contribution in [0.15, 0.2) is 34.1 Å². The molecular weight excluding hydrogens is 491 g/mol. The zero-order valence-electron chi connectivity index (χ0n) is 15.4. The van der Waals surface area contributed by atoms with Crippen LogP contribution >= 0.6 is 46.7 Å². The van der Waals surface area contributed by atoms with Gasteiger partial charge in [0.1, 0.15) is 0 Å². The van der Waals surface area contributed by atoms with Crippen molar-refractivity contribution in [3.63, 3.8) is 0 Å². The van der Waals surface area contributed by atoms with E-state index in [0.717, 1.165) is 37.9 Å². The Kier molecular flexibility index (Phi) is 7.74. The summed E-state index contributed by atoms with van der Waals surface area (Å²) in [5.41, 5.74) is 6.34. The van der Waals surface area contributed by atoms with Crippen molar-refractivity contribution in [2.24, 2.45) is 10.7 Å². The van der Waals surface area contributed by atoms with Gasteiger partial charge in [-0.25, -0.2) is 4.98 Å². The Morgan fingerprint density at radius 2 is 1.89 bits per heavy atom. The molecule has 0 saturated carbocycles. The topological polar surface area (TPSA) is 61.0 Å². The van der Waals surface area contributed by atoms with Crippen molar-refractivity contribution in [2.45, 2.75) is 18.9 Å². The highest BCUT2D eigenvalue weighted by Crippen LogP contribution is 2.28. The van der Waals surface area contributed by atoms with Gasteiger partial charge >= 0.3 is 0 Å². The third-order valence-corrected chi connectivity index (χ3v) is 6.98. The lowest BCUT2D eigenvalue weighted by molar-refractivity contribution is 0.254. The van der Waals surface area contributed by atoms with Crippen LogP contribution < -0.4 is 10.6 Å². The van der Waals surface area contributed by atoms with Crippen LogP contribution in [0.25, 0.3) is 0 Å². The smallest absolute Gasteiger partial charge is 0.191 e. The summed E-state index contributed by atoms with van der Waals surface area (Å²) in [6.45, 7) is 6.80. The average molecular weight is 518 g/mol. The molecule has 27 heavy (non-hydrogen) atoms. The fourth-order valence-corrected chi connectivity index (χ4v) is 5.25. The van der Waals surface area contributed by atoms with Crippen LogP contribution in [0, 0.1) is 0 Å². The Morgan fingerprint density at radius 3 is 2.52 bits per heavy atom. The van der Waals surface area contributed by atoms with Crippen molar-refractivity contribution >= 4 is 57.7 Å². The maximum atomic E-state index is 6.34. The lowest BCUT2D eigenvalue weighted by Crippen LogP contribution is -2.51. The van der Waals surface area contributed by atoms with Crippen molar-refractivity contribution in [1.82, 2.24) is 14.8 Å². The molecule has 9 heteroatoms. The van der Waals surface area contributed by atoms with Crippen LogP contribution in [0.2, 0.25) is 0 Å². The van der Waals surface area contributed by atoms with Crippen molar-refractivity contribution in [2.75, 3.05) is 50.7 Å². The first-order chi connectivity index (χ1) is 12.8. The molecule has 148 valence electrons. The maximum absolute atomic E-state index is 6.34. The van der Waals surface area contributed by atoms with Gasteiger partial charge in [0.25, 0.3) is 0 Å². The molecule has 2 fully saturated rings. The predicted octanol–water partition coefficient (Wildman–Crippen LogP) is 3.10. The number of likely N-dealkylation sites (tertiary alicyclic amines) is 1. The summed E-state index contributed by atoms with van der Waals surface area (Å²) >= 11 is 3.52. The average Bonchev–Trinajstić information content (AvgIpc) is 3.45. The first-order valence-corrected chi connectivity index (χ1v) is 11.0. The van der Waals surface area contributed by atoms with E-state index >= 15 is 0 Å². The SMILES string of the molecule is I.NC(=NCC(c1cccs1)N1CCCC1)N1CCN(c2nccs2)CC1. The van der Waals surface area contributed by atoms with Crippen LogP contribution in [0.1, 0.15) is 23.8 Å². The zero-order valence-corrected chi connectivity index (χ0v) is 19.3. The first kappa shape index (κ1) is 20.8. The molecule has 0 aromatic carbocycles. The van der Waals surface area contributed by atoms with E-state index in [1.165, 1.54) is 30.8 Å². The second kappa shape index (κ2) is 10.0. The van der Waals surface area contributed by atoms with E-state index in [1.807, 2.05) is 22.9 Å². The summed E-state index contributed by atoms with van der Waals surface area (Å²) in [7, 11) is 0. The molecule has 1 atom stereocenters. The molecule has 6 nitrogen and oxygen atoms in total. The minimum absolute atomic E-state index is 0. The van der Waals surface area contributed by atoms with Gasteiger partial charge in [0.2, 0.25) is 0 Å². The van der Waals surface area contributed by atoms with Gasteiger partial charge in [0.05, 0.1) is 12.6 Å². The van der Waals surface area contributed by atoms with Gasteiger partial charge in [0.15, 0.2) is 11.1 Å². The number of aliphatic imine (C=N–C) groups is 1. The predicted molar refractivity (Wildman–Crippen MR) is 126 cm³/mol. The number of nitrogens with two attached hydrogens (primary N) is 1. The summed E-state index contributed by atoms with van der Waals surface area (Å²) < 4.78 is 0. The molecule has 2 saturated heterocycles. The molecule has 0 spiro atoms. The third-order valence-electron chi connectivity index (χ3n) is 5.17. The number of rotatable bonds is 5. The number of anilines is 1. The van der Waals surface area contributed by atoms with Crippen LogP contribution in [-0.4, -0.2) is 66.6 Å². The highest BCUT2D eigenvalue weighted by atomic mass is 127. The summed E-state index contributed by atoms with van der Waals surface area (Å²) in [5.74, 6) is 0.685. The molecule has 2 N–H and O–H groups in total. The molecule has 0 amide bonds. The van der Waals surface area contributed by atoms with Crippen LogP contribution in [-0.2, 0) is 0 Å². The Hall–Kier alpha value is -0.910. The highest BCUT2D eigenvalue weighted by Gasteiger charge is 2.25. The molecular formula is C18H27IN6S2. The lowest BCUT2D eigenvalue weighted by atomic mass is 10.2. The molecule has 0 aliphatic carbocycles. The Bertz CT molecular complexity index is 692. The van der Waals surface area contributed by atoms with Gasteiger partial charge < -0.3 is 15.5 Å². The monoisotopic (exact) mass is 518 g/mol. The fraction of sp³-hybridized carbons (Fsp3) is 0.556. The van der Waals surface area contributed by atoms with E-state index in [-0.39, 0.29) is 24.0 Å². The minimum Gasteiger partial charge on any atom is -0.370 e. The molecule has 2 aromatic rings. The number of thiophene rings is 1. The summed E-state index contributed by atoms with van der Waals surface area (Å²) in [5, 5.41) is 5.29. The number of hydrogen-bond acceptors (Lipinski definition) is 6. The first-order valence-electron chi connectivity index (χ1n) is 9.28. The van der Waals surface area contributed by atoms with Crippen molar-refractivity contribution in [1.29, 1.82) is 0 Å². The van der Waals surface area contributed by atoms with Crippen molar-refractivity contribution in [3.05, 3.63) is 34.0 Å². The number of piperazine rings is 1. The molecule has 0 radical (unpaired) electrons. The van der Waals surface area contributed by atoms with E-state index in [0.29, 0.717) is 12.0 Å². The third kappa shape index (κ3) is 5.12. The van der Waals surface area contributed by atoms with Crippen molar-refractivity contribution < 1.29 is 0 Å². The largest absolute Gasteiger partial charge is 0.370 e. The highest BCUT2D eigenvalue weighted by molar-refractivity contribution is 14.0. The van der Waals surface area contributed by atoms with E-state index in [1.54, 1.807) is 11.3 Å². The Labute approximate surface area is 186 Å². The van der Waals surface area contributed by atoms with Gasteiger partial charge in [-0.1, -0.05) is 6.07 Å². The van der Waals surface area contributed by atoms with E-state index in [2.05, 4.69) is 37.2 Å². The number of hydrogen-bond donors (Lipinski definition) is 1. The molecule has 2 aliphatic heterocycles. The van der Waals surface area contributed by atoms with E-state index in [9.17, 15) is 0 Å². The minimum atomic E-state index is 0. The summed E-state index contributed by atoms with van der Waals surface area (Å²) in [6.07, 6.45) is 4.45. The van der Waals surface area contributed by atoms with Crippen LogP contribution in [0.5, 0.6) is 0 Å². The second-order valence-electron chi connectivity index (χ2n) is 6.76. The van der Waals surface area contributed by atoms with E-state index in [4.69, 9.17) is 10.7 Å². The van der Waals surface area contributed by atoms with Crippen LogP contribution in [0.3, 0.4) is 0 Å². The van der Waals surface area contributed by atoms with Crippen LogP contribution in [0.4, 0.5) is 5.13 Å². The lowest BCUT2D eigenvalue weighted by Gasteiger charge is -2.35. The van der Waals surface area contributed by atoms with Gasteiger partial charge in [-0.15, -0.1) is 46.7 Å². The molecule has 2 aliphatic rings. The Morgan fingerprint density at radius 1 is 1.11 bits per heavy atom. The van der Waals surface area contributed by atoms with Crippen molar-refractivity contribution in [3.8, 4) is 0 Å². The summed E-state index contributed by atoms with van der Waals surface area (Å²) in [4.78, 5) is 17.7. The number of thiazole rings is 1. The number of aromatic nitrogens is 1. The molecule has 1 unspecified atom stereocenters. The Balaban J connectivity index is 0.00000210. The van der Waals surface area contributed by atoms with Gasteiger partial charge in [-0.2, -0.15) is 0 Å². The zero-order chi connectivity index (χ0) is 17.8.